The molecule has 1 aromatic rings. The zero-order valence-electron chi connectivity index (χ0n) is 12.1. The first-order valence-electron chi connectivity index (χ1n) is 7.09. The highest BCUT2D eigenvalue weighted by atomic mass is 16.3. The smallest absolute Gasteiger partial charge is 0.257 e. The highest BCUT2D eigenvalue weighted by Gasteiger charge is 2.31. The number of hydrogen-bond acceptors (Lipinski definition) is 3. The molecule has 0 bridgehead atoms. The van der Waals surface area contributed by atoms with E-state index in [2.05, 4.69) is 0 Å². The number of nitrogens with two attached hydrogens (primary N) is 1. The van der Waals surface area contributed by atoms with Gasteiger partial charge in [-0.15, -0.1) is 0 Å². The largest absolute Gasteiger partial charge is 0.466 e. The van der Waals surface area contributed by atoms with Gasteiger partial charge in [0.25, 0.3) is 5.91 Å². The van der Waals surface area contributed by atoms with Crippen molar-refractivity contribution in [3.05, 3.63) is 23.2 Å². The van der Waals surface area contributed by atoms with Crippen LogP contribution in [0, 0.1) is 19.8 Å². The lowest BCUT2D eigenvalue weighted by atomic mass is 9.83. The fraction of sp³-hybridized carbons (Fsp3) is 0.667. The lowest BCUT2D eigenvalue weighted by Gasteiger charge is -2.37. The second-order valence-corrected chi connectivity index (χ2v) is 5.59. The maximum atomic E-state index is 12.6. The molecule has 1 fully saturated rings. The molecule has 106 valence electrons. The van der Waals surface area contributed by atoms with E-state index in [-0.39, 0.29) is 11.9 Å². The van der Waals surface area contributed by atoms with E-state index >= 15 is 0 Å². The lowest BCUT2D eigenvalue weighted by molar-refractivity contribution is 0.0618. The number of carbonyl (C=O) groups excluding carboxylic acids is 1. The highest BCUT2D eigenvalue weighted by molar-refractivity contribution is 5.95. The predicted octanol–water partition coefficient (Wildman–Crippen LogP) is 2.49. The summed E-state index contributed by atoms with van der Waals surface area (Å²) in [5.74, 6) is 1.97. The average Bonchev–Trinajstić information content (AvgIpc) is 2.76. The number of carbonyl (C=O) groups is 1. The molecular weight excluding hydrogens is 240 g/mol. The molecule has 0 aliphatic heterocycles. The van der Waals surface area contributed by atoms with Crippen molar-refractivity contribution in [3.8, 4) is 0 Å². The van der Waals surface area contributed by atoms with E-state index < -0.39 is 0 Å². The Morgan fingerprint density at radius 2 is 2.11 bits per heavy atom. The van der Waals surface area contributed by atoms with E-state index in [0.717, 1.165) is 18.6 Å². The normalized spacial score (nSPS) is 23.4. The molecule has 2 atom stereocenters. The minimum atomic E-state index is 0.0553. The van der Waals surface area contributed by atoms with Crippen LogP contribution in [0.4, 0.5) is 0 Å². The fourth-order valence-electron chi connectivity index (χ4n) is 3.16. The zero-order chi connectivity index (χ0) is 14.0. The first kappa shape index (κ1) is 14.1. The monoisotopic (exact) mass is 264 g/mol. The minimum absolute atomic E-state index is 0.0553. The van der Waals surface area contributed by atoms with Crippen molar-refractivity contribution < 1.29 is 9.21 Å². The van der Waals surface area contributed by atoms with Crippen LogP contribution in [0.1, 0.15) is 47.6 Å². The average molecular weight is 264 g/mol. The Labute approximate surface area is 114 Å². The van der Waals surface area contributed by atoms with Gasteiger partial charge in [0.05, 0.1) is 5.56 Å². The zero-order valence-corrected chi connectivity index (χ0v) is 12.1. The molecule has 2 N–H and O–H groups in total. The van der Waals surface area contributed by atoms with Crippen molar-refractivity contribution in [1.82, 2.24) is 4.90 Å². The molecule has 1 aliphatic carbocycles. The molecule has 0 saturated heterocycles. The Bertz CT molecular complexity index is 453. The van der Waals surface area contributed by atoms with Gasteiger partial charge in [0, 0.05) is 13.1 Å². The SMILES string of the molecule is Cc1cc(C(=O)N(C)C2CCCCC2CN)c(C)o1. The third kappa shape index (κ3) is 2.84. The molecule has 1 amide bonds. The first-order chi connectivity index (χ1) is 9.04. The van der Waals surface area contributed by atoms with Crippen LogP contribution in [0.2, 0.25) is 0 Å². The van der Waals surface area contributed by atoms with E-state index in [4.69, 9.17) is 10.2 Å². The van der Waals surface area contributed by atoms with Crippen LogP contribution in [-0.4, -0.2) is 30.4 Å². The Hall–Kier alpha value is -1.29. The third-order valence-corrected chi connectivity index (χ3v) is 4.26. The molecule has 1 heterocycles. The molecule has 19 heavy (non-hydrogen) atoms. The second-order valence-electron chi connectivity index (χ2n) is 5.59. The number of rotatable bonds is 3. The van der Waals surface area contributed by atoms with Gasteiger partial charge in [-0.25, -0.2) is 0 Å². The van der Waals surface area contributed by atoms with Crippen LogP contribution in [0.5, 0.6) is 0 Å². The molecule has 1 aliphatic rings. The lowest BCUT2D eigenvalue weighted by Crippen LogP contribution is -2.46. The summed E-state index contributed by atoms with van der Waals surface area (Å²) in [5.41, 5.74) is 6.53. The summed E-state index contributed by atoms with van der Waals surface area (Å²) in [6, 6.07) is 2.09. The molecule has 0 aromatic carbocycles. The van der Waals surface area contributed by atoms with E-state index in [1.165, 1.54) is 12.8 Å². The first-order valence-corrected chi connectivity index (χ1v) is 7.09. The number of hydrogen-bond donors (Lipinski definition) is 1. The van der Waals surface area contributed by atoms with E-state index in [9.17, 15) is 4.79 Å². The fourth-order valence-corrected chi connectivity index (χ4v) is 3.16. The standard InChI is InChI=1S/C15H24N2O2/c1-10-8-13(11(2)19-10)15(18)17(3)14-7-5-4-6-12(14)9-16/h8,12,14H,4-7,9,16H2,1-3H3. The maximum Gasteiger partial charge on any atom is 0.257 e. The van der Waals surface area contributed by atoms with Crippen molar-refractivity contribution in [2.24, 2.45) is 11.7 Å². The number of aryl methyl sites for hydroxylation is 2. The van der Waals surface area contributed by atoms with Gasteiger partial charge in [-0.3, -0.25) is 4.79 Å². The van der Waals surface area contributed by atoms with E-state index in [0.29, 0.717) is 23.8 Å². The maximum absolute atomic E-state index is 12.6. The van der Waals surface area contributed by atoms with Crippen molar-refractivity contribution in [2.75, 3.05) is 13.6 Å². The van der Waals surface area contributed by atoms with Crippen LogP contribution in [-0.2, 0) is 0 Å². The molecule has 1 aromatic heterocycles. The number of amides is 1. The third-order valence-electron chi connectivity index (χ3n) is 4.26. The van der Waals surface area contributed by atoms with Crippen LogP contribution < -0.4 is 5.73 Å². The summed E-state index contributed by atoms with van der Waals surface area (Å²) in [4.78, 5) is 14.4. The molecule has 0 spiro atoms. The van der Waals surface area contributed by atoms with E-state index in [1.807, 2.05) is 31.9 Å². The van der Waals surface area contributed by atoms with Gasteiger partial charge in [0.15, 0.2) is 0 Å². The molecule has 4 nitrogen and oxygen atoms in total. The van der Waals surface area contributed by atoms with Gasteiger partial charge < -0.3 is 15.1 Å². The summed E-state index contributed by atoms with van der Waals surface area (Å²) in [7, 11) is 1.89. The summed E-state index contributed by atoms with van der Waals surface area (Å²) in [6.07, 6.45) is 4.59. The minimum Gasteiger partial charge on any atom is -0.466 e. The van der Waals surface area contributed by atoms with Crippen LogP contribution >= 0.6 is 0 Å². The quantitative estimate of drug-likeness (QED) is 0.912. The Morgan fingerprint density at radius 3 is 2.68 bits per heavy atom. The Morgan fingerprint density at radius 1 is 1.42 bits per heavy atom. The van der Waals surface area contributed by atoms with Gasteiger partial charge >= 0.3 is 0 Å². The molecule has 4 heteroatoms. The van der Waals surface area contributed by atoms with E-state index in [1.54, 1.807) is 0 Å². The van der Waals surface area contributed by atoms with Gasteiger partial charge in [-0.05, 0) is 45.2 Å². The highest BCUT2D eigenvalue weighted by Crippen LogP contribution is 2.28. The Kier molecular flexibility index (Phi) is 4.30. The van der Waals surface area contributed by atoms with Crippen LogP contribution in [0.25, 0.3) is 0 Å². The van der Waals surface area contributed by atoms with Crippen molar-refractivity contribution in [3.63, 3.8) is 0 Å². The number of nitrogens with zero attached hydrogens (tertiary/aromatic N) is 1. The predicted molar refractivity (Wildman–Crippen MR) is 75.1 cm³/mol. The number of furan rings is 1. The summed E-state index contributed by atoms with van der Waals surface area (Å²) < 4.78 is 5.45. The molecular formula is C15H24N2O2. The topological polar surface area (TPSA) is 59.5 Å². The summed E-state index contributed by atoms with van der Waals surface area (Å²) in [5, 5.41) is 0. The van der Waals surface area contributed by atoms with Gasteiger partial charge in [-0.1, -0.05) is 12.8 Å². The van der Waals surface area contributed by atoms with Crippen LogP contribution in [0.15, 0.2) is 10.5 Å². The Balaban J connectivity index is 2.16. The van der Waals surface area contributed by atoms with Gasteiger partial charge in [-0.2, -0.15) is 0 Å². The molecule has 2 unspecified atom stereocenters. The van der Waals surface area contributed by atoms with Crippen molar-refractivity contribution in [1.29, 1.82) is 0 Å². The van der Waals surface area contributed by atoms with Crippen LogP contribution in [0.3, 0.4) is 0 Å². The van der Waals surface area contributed by atoms with Crippen molar-refractivity contribution >= 4 is 5.91 Å². The molecule has 2 rings (SSSR count). The second kappa shape index (κ2) is 5.78. The summed E-state index contributed by atoms with van der Waals surface area (Å²) >= 11 is 0. The molecule has 0 radical (unpaired) electrons. The van der Waals surface area contributed by atoms with Gasteiger partial charge in [0.1, 0.15) is 11.5 Å². The summed E-state index contributed by atoms with van der Waals surface area (Å²) in [6.45, 7) is 4.37. The van der Waals surface area contributed by atoms with Gasteiger partial charge in [0.2, 0.25) is 0 Å². The molecule has 1 saturated carbocycles. The van der Waals surface area contributed by atoms with Crippen molar-refractivity contribution in [2.45, 2.75) is 45.6 Å².